The molecule has 2 rings (SSSR count). The Morgan fingerprint density at radius 1 is 1.10 bits per heavy atom. The van der Waals surface area contributed by atoms with Crippen LogP contribution in [0.5, 0.6) is 11.5 Å². The maximum atomic E-state index is 5.71. The van der Waals surface area contributed by atoms with E-state index in [-0.39, 0.29) is 6.04 Å². The lowest BCUT2D eigenvalue weighted by Crippen LogP contribution is -2.17. The lowest BCUT2D eigenvalue weighted by molar-refractivity contribution is 0.287. The highest BCUT2D eigenvalue weighted by Crippen LogP contribution is 2.34. The molecule has 0 fully saturated rings. The molecule has 5 heteroatoms. The van der Waals surface area contributed by atoms with Crippen molar-refractivity contribution in [3.63, 3.8) is 0 Å². The molecule has 0 aliphatic rings. The Morgan fingerprint density at radius 2 is 1.81 bits per heavy atom. The number of halogens is 1. The summed E-state index contributed by atoms with van der Waals surface area (Å²) in [5, 5.41) is 5.57. The van der Waals surface area contributed by atoms with Crippen molar-refractivity contribution in [3.8, 4) is 11.5 Å². The third-order valence-corrected chi connectivity index (χ3v) is 4.92. The third kappa shape index (κ3) is 4.11. The van der Waals surface area contributed by atoms with E-state index in [1.807, 2.05) is 27.0 Å². The Bertz CT molecular complexity index is 585. The zero-order valence-corrected chi connectivity index (χ0v) is 15.5. The standard InChI is InChI=1S/C16H20INO2S/c1-4-19-13-7-6-11(8-14(13)20-5-2)16(18-3)12-9-15(17)21-10-12/h6-10,16,18H,4-5H2,1-3H3. The van der Waals surface area contributed by atoms with Gasteiger partial charge in [-0.1, -0.05) is 6.07 Å². The minimum Gasteiger partial charge on any atom is -0.490 e. The molecule has 1 atom stereocenters. The average molecular weight is 417 g/mol. The van der Waals surface area contributed by atoms with Gasteiger partial charge < -0.3 is 14.8 Å². The molecular weight excluding hydrogens is 397 g/mol. The number of hydrogen-bond donors (Lipinski definition) is 1. The van der Waals surface area contributed by atoms with Gasteiger partial charge in [-0.3, -0.25) is 0 Å². The van der Waals surface area contributed by atoms with Gasteiger partial charge in [-0.05, 0) is 78.2 Å². The van der Waals surface area contributed by atoms with E-state index in [0.29, 0.717) is 13.2 Å². The summed E-state index contributed by atoms with van der Waals surface area (Å²) in [5.74, 6) is 1.61. The minimum atomic E-state index is 0.166. The molecule has 2 aromatic rings. The zero-order chi connectivity index (χ0) is 15.2. The van der Waals surface area contributed by atoms with Crippen LogP contribution in [0.2, 0.25) is 0 Å². The summed E-state index contributed by atoms with van der Waals surface area (Å²) in [5.41, 5.74) is 2.46. The topological polar surface area (TPSA) is 30.5 Å². The summed E-state index contributed by atoms with van der Waals surface area (Å²) < 4.78 is 12.6. The summed E-state index contributed by atoms with van der Waals surface area (Å²) in [4.78, 5) is 0. The fourth-order valence-corrected chi connectivity index (χ4v) is 3.65. The Labute approximate surface area is 143 Å². The van der Waals surface area contributed by atoms with E-state index < -0.39 is 0 Å². The summed E-state index contributed by atoms with van der Waals surface area (Å²) in [6, 6.07) is 8.54. The predicted molar refractivity (Wildman–Crippen MR) is 96.7 cm³/mol. The van der Waals surface area contributed by atoms with E-state index in [2.05, 4.69) is 51.5 Å². The van der Waals surface area contributed by atoms with Crippen molar-refractivity contribution in [2.24, 2.45) is 0 Å². The summed E-state index contributed by atoms with van der Waals surface area (Å²) in [7, 11) is 1.98. The van der Waals surface area contributed by atoms with Crippen LogP contribution in [0.3, 0.4) is 0 Å². The first-order chi connectivity index (χ1) is 10.2. The van der Waals surface area contributed by atoms with Gasteiger partial charge in [-0.25, -0.2) is 0 Å². The highest BCUT2D eigenvalue weighted by Gasteiger charge is 2.16. The van der Waals surface area contributed by atoms with Gasteiger partial charge in [0.1, 0.15) is 0 Å². The van der Waals surface area contributed by atoms with E-state index in [1.165, 1.54) is 14.0 Å². The van der Waals surface area contributed by atoms with Crippen LogP contribution in [0, 0.1) is 2.88 Å². The van der Waals surface area contributed by atoms with Crippen molar-refractivity contribution < 1.29 is 9.47 Å². The molecule has 1 N–H and O–H groups in total. The molecule has 3 nitrogen and oxygen atoms in total. The minimum absolute atomic E-state index is 0.166. The normalized spacial score (nSPS) is 12.2. The van der Waals surface area contributed by atoms with Crippen molar-refractivity contribution >= 4 is 33.9 Å². The number of ether oxygens (including phenoxy) is 2. The van der Waals surface area contributed by atoms with Crippen LogP contribution in [-0.4, -0.2) is 20.3 Å². The second-order valence-corrected chi connectivity index (χ2v) is 7.28. The lowest BCUT2D eigenvalue weighted by Gasteiger charge is -2.18. The summed E-state index contributed by atoms with van der Waals surface area (Å²) in [6.07, 6.45) is 0. The van der Waals surface area contributed by atoms with E-state index in [1.54, 1.807) is 11.3 Å². The number of rotatable bonds is 7. The molecule has 0 aliphatic carbocycles. The predicted octanol–water partition coefficient (Wildman–Crippen LogP) is 4.46. The molecule has 0 saturated carbocycles. The Kier molecular flexibility index (Phi) is 6.32. The van der Waals surface area contributed by atoms with Crippen LogP contribution in [-0.2, 0) is 0 Å². The van der Waals surface area contributed by atoms with Crippen LogP contribution in [0.25, 0.3) is 0 Å². The first-order valence-electron chi connectivity index (χ1n) is 7.00. The Hall–Kier alpha value is -0.790. The van der Waals surface area contributed by atoms with Gasteiger partial charge in [0.2, 0.25) is 0 Å². The van der Waals surface area contributed by atoms with Gasteiger partial charge in [0.15, 0.2) is 11.5 Å². The van der Waals surface area contributed by atoms with Gasteiger partial charge in [0.25, 0.3) is 0 Å². The van der Waals surface area contributed by atoms with Crippen LogP contribution in [0.1, 0.15) is 31.0 Å². The maximum absolute atomic E-state index is 5.71. The van der Waals surface area contributed by atoms with Crippen LogP contribution >= 0.6 is 33.9 Å². The van der Waals surface area contributed by atoms with Crippen molar-refractivity contribution in [2.45, 2.75) is 19.9 Å². The highest BCUT2D eigenvalue weighted by atomic mass is 127. The molecule has 21 heavy (non-hydrogen) atoms. The largest absolute Gasteiger partial charge is 0.490 e. The average Bonchev–Trinajstić information content (AvgIpc) is 2.89. The number of thiophene rings is 1. The maximum Gasteiger partial charge on any atom is 0.161 e. The van der Waals surface area contributed by atoms with Crippen LogP contribution in [0.4, 0.5) is 0 Å². The van der Waals surface area contributed by atoms with E-state index in [0.717, 1.165) is 11.5 Å². The molecule has 0 radical (unpaired) electrons. The molecule has 1 aromatic carbocycles. The van der Waals surface area contributed by atoms with E-state index in [9.17, 15) is 0 Å². The smallest absolute Gasteiger partial charge is 0.161 e. The fourth-order valence-electron chi connectivity index (χ4n) is 2.25. The molecule has 114 valence electrons. The zero-order valence-electron chi connectivity index (χ0n) is 12.5. The van der Waals surface area contributed by atoms with Crippen molar-refractivity contribution in [1.82, 2.24) is 5.32 Å². The van der Waals surface area contributed by atoms with E-state index in [4.69, 9.17) is 9.47 Å². The SMILES string of the molecule is CCOc1ccc(C(NC)c2csc(I)c2)cc1OCC. The molecule has 1 aromatic heterocycles. The van der Waals surface area contributed by atoms with Crippen molar-refractivity contribution in [3.05, 3.63) is 43.7 Å². The second-order valence-electron chi connectivity index (χ2n) is 4.48. The van der Waals surface area contributed by atoms with Crippen molar-refractivity contribution in [1.29, 1.82) is 0 Å². The lowest BCUT2D eigenvalue weighted by atomic mass is 10.0. The number of hydrogen-bond acceptors (Lipinski definition) is 4. The van der Waals surface area contributed by atoms with Crippen LogP contribution < -0.4 is 14.8 Å². The Balaban J connectivity index is 2.35. The van der Waals surface area contributed by atoms with Gasteiger partial charge in [0.05, 0.1) is 22.1 Å². The number of nitrogens with one attached hydrogen (secondary N) is 1. The Morgan fingerprint density at radius 3 is 2.38 bits per heavy atom. The van der Waals surface area contributed by atoms with Gasteiger partial charge in [-0.15, -0.1) is 11.3 Å². The number of benzene rings is 1. The van der Waals surface area contributed by atoms with Gasteiger partial charge in [-0.2, -0.15) is 0 Å². The molecule has 0 bridgehead atoms. The molecule has 0 saturated heterocycles. The quantitative estimate of drug-likeness (QED) is 0.675. The van der Waals surface area contributed by atoms with Gasteiger partial charge in [0, 0.05) is 0 Å². The first-order valence-corrected chi connectivity index (χ1v) is 8.96. The first kappa shape index (κ1) is 16.6. The van der Waals surface area contributed by atoms with Crippen LogP contribution in [0.15, 0.2) is 29.6 Å². The molecule has 0 amide bonds. The fraction of sp³-hybridized carbons (Fsp3) is 0.375. The van der Waals surface area contributed by atoms with Gasteiger partial charge >= 0.3 is 0 Å². The molecule has 1 unspecified atom stereocenters. The third-order valence-electron chi connectivity index (χ3n) is 3.11. The monoisotopic (exact) mass is 417 g/mol. The molecular formula is C16H20INO2S. The van der Waals surface area contributed by atoms with Crippen molar-refractivity contribution in [2.75, 3.05) is 20.3 Å². The molecule has 1 heterocycles. The highest BCUT2D eigenvalue weighted by molar-refractivity contribution is 14.1. The summed E-state index contributed by atoms with van der Waals surface area (Å²) in [6.45, 7) is 5.23. The van der Waals surface area contributed by atoms with E-state index >= 15 is 0 Å². The second kappa shape index (κ2) is 8.00. The summed E-state index contributed by atoms with van der Waals surface area (Å²) >= 11 is 4.11. The molecule has 0 aliphatic heterocycles. The molecule has 0 spiro atoms.